The molecule has 1 N–H and O–H groups in total. The second kappa shape index (κ2) is 7.96. The Morgan fingerprint density at radius 3 is 2.59 bits per heavy atom. The Kier molecular flexibility index (Phi) is 4.98. The molecule has 3 aromatic carbocycles. The van der Waals surface area contributed by atoms with Crippen molar-refractivity contribution >= 4 is 44.3 Å². The molecule has 0 saturated carbocycles. The molecule has 5 rings (SSSR count). The van der Waals surface area contributed by atoms with Gasteiger partial charge >= 0.3 is 0 Å². The van der Waals surface area contributed by atoms with Gasteiger partial charge in [0, 0.05) is 47.0 Å². The lowest BCUT2D eigenvalue weighted by Crippen LogP contribution is -2.23. The summed E-state index contributed by atoms with van der Waals surface area (Å²) in [4.78, 5) is 29.8. The Morgan fingerprint density at radius 1 is 0.969 bits per heavy atom. The predicted molar refractivity (Wildman–Crippen MR) is 129 cm³/mol. The van der Waals surface area contributed by atoms with Crippen LogP contribution in [0.15, 0.2) is 71.8 Å². The zero-order chi connectivity index (χ0) is 22.2. The largest absolute Gasteiger partial charge is 0.341 e. The number of hydrogen-bond acceptors (Lipinski definition) is 3. The molecule has 0 saturated heterocycles. The van der Waals surface area contributed by atoms with Gasteiger partial charge in [0.1, 0.15) is 0 Å². The highest BCUT2D eigenvalue weighted by molar-refractivity contribution is 6.09. The van der Waals surface area contributed by atoms with E-state index in [2.05, 4.69) is 40.0 Å². The summed E-state index contributed by atoms with van der Waals surface area (Å²) in [5, 5.41) is 5.84. The molecule has 6 heteroatoms. The van der Waals surface area contributed by atoms with Gasteiger partial charge in [0.2, 0.25) is 5.91 Å². The van der Waals surface area contributed by atoms with E-state index < -0.39 is 0 Å². The van der Waals surface area contributed by atoms with E-state index in [1.54, 1.807) is 6.07 Å². The number of rotatable bonds is 5. The number of benzene rings is 3. The first kappa shape index (κ1) is 20.0. The lowest BCUT2D eigenvalue weighted by molar-refractivity contribution is -0.116. The first-order valence-electron chi connectivity index (χ1n) is 10.8. The lowest BCUT2D eigenvalue weighted by Gasteiger charge is -2.09. The number of nitrogens with zero attached hydrogens (tertiary/aromatic N) is 3. The van der Waals surface area contributed by atoms with Crippen LogP contribution in [0.1, 0.15) is 18.9 Å². The molecule has 2 aromatic heterocycles. The van der Waals surface area contributed by atoms with E-state index in [-0.39, 0.29) is 24.4 Å². The quantitative estimate of drug-likeness (QED) is 0.438. The van der Waals surface area contributed by atoms with Gasteiger partial charge in [-0.15, -0.1) is 0 Å². The zero-order valence-electron chi connectivity index (χ0n) is 18.1. The van der Waals surface area contributed by atoms with E-state index in [9.17, 15) is 9.59 Å². The maximum Gasteiger partial charge on any atom is 0.261 e. The Bertz CT molecular complexity index is 1540. The number of para-hydroxylation sites is 2. The van der Waals surface area contributed by atoms with E-state index >= 15 is 0 Å². The summed E-state index contributed by atoms with van der Waals surface area (Å²) < 4.78 is 3.77. The summed E-state index contributed by atoms with van der Waals surface area (Å²) >= 11 is 0. The van der Waals surface area contributed by atoms with Gasteiger partial charge in [-0.25, -0.2) is 4.98 Å². The van der Waals surface area contributed by atoms with Crippen LogP contribution in [0.4, 0.5) is 5.69 Å². The third-order valence-corrected chi connectivity index (χ3v) is 6.01. The summed E-state index contributed by atoms with van der Waals surface area (Å²) in [5.41, 5.74) is 4.63. The van der Waals surface area contributed by atoms with Crippen molar-refractivity contribution in [2.75, 3.05) is 5.32 Å². The first-order chi connectivity index (χ1) is 15.6. The van der Waals surface area contributed by atoms with Gasteiger partial charge in [-0.3, -0.25) is 14.2 Å². The van der Waals surface area contributed by atoms with Crippen LogP contribution >= 0.6 is 0 Å². The van der Waals surface area contributed by atoms with Crippen LogP contribution in [0.5, 0.6) is 0 Å². The molecule has 0 aliphatic heterocycles. The normalized spacial score (nSPS) is 11.4. The Morgan fingerprint density at radius 2 is 1.75 bits per heavy atom. The molecule has 0 aliphatic carbocycles. The molecule has 6 nitrogen and oxygen atoms in total. The molecule has 0 spiro atoms. The van der Waals surface area contributed by atoms with E-state index in [0.717, 1.165) is 28.7 Å². The van der Waals surface area contributed by atoms with Crippen molar-refractivity contribution in [1.29, 1.82) is 0 Å². The molecule has 2 heterocycles. The third kappa shape index (κ3) is 3.34. The molecule has 5 aromatic rings. The van der Waals surface area contributed by atoms with Crippen molar-refractivity contribution < 1.29 is 4.79 Å². The van der Waals surface area contributed by atoms with Gasteiger partial charge in [-0.1, -0.05) is 30.3 Å². The van der Waals surface area contributed by atoms with Crippen molar-refractivity contribution in [2.45, 2.75) is 33.4 Å². The highest BCUT2D eigenvalue weighted by Crippen LogP contribution is 2.31. The van der Waals surface area contributed by atoms with Crippen molar-refractivity contribution in [3.8, 4) is 0 Å². The van der Waals surface area contributed by atoms with Crippen molar-refractivity contribution in [3.63, 3.8) is 0 Å². The monoisotopic (exact) mass is 424 g/mol. The molecule has 0 aliphatic rings. The molecule has 0 radical (unpaired) electrons. The molecule has 32 heavy (non-hydrogen) atoms. The third-order valence-electron chi connectivity index (χ3n) is 6.01. The molecule has 0 fully saturated rings. The standard InChI is InChI=1S/C26H24N4O2/c1-3-30-22-10-5-4-8-19(22)21-15-18(11-12-23(21)30)28-24(31)13-14-29-16-27-25-17(2)7-6-9-20(25)26(29)32/h4-12,15-16H,3,13-14H2,1-2H3,(H,28,31). The van der Waals surface area contributed by atoms with Crippen LogP contribution in [0.3, 0.4) is 0 Å². The Labute approximate surface area is 185 Å². The second-order valence-corrected chi connectivity index (χ2v) is 8.01. The summed E-state index contributed by atoms with van der Waals surface area (Å²) in [6, 6.07) is 19.9. The zero-order valence-corrected chi connectivity index (χ0v) is 18.1. The van der Waals surface area contributed by atoms with E-state index in [0.29, 0.717) is 10.9 Å². The van der Waals surface area contributed by atoms with Gasteiger partial charge in [-0.05, 0) is 49.7 Å². The topological polar surface area (TPSA) is 68.9 Å². The summed E-state index contributed by atoms with van der Waals surface area (Å²) in [5.74, 6) is -0.139. The lowest BCUT2D eigenvalue weighted by atomic mass is 10.1. The number of aryl methyl sites for hydroxylation is 3. The number of nitrogens with one attached hydrogen (secondary N) is 1. The first-order valence-corrected chi connectivity index (χ1v) is 10.8. The fraction of sp³-hybridized carbons (Fsp3) is 0.192. The Hall–Kier alpha value is -3.93. The minimum absolute atomic E-state index is 0.125. The summed E-state index contributed by atoms with van der Waals surface area (Å²) in [6.07, 6.45) is 1.71. The van der Waals surface area contributed by atoms with Gasteiger partial charge in [-0.2, -0.15) is 0 Å². The van der Waals surface area contributed by atoms with Gasteiger partial charge < -0.3 is 9.88 Å². The number of aromatic nitrogens is 3. The van der Waals surface area contributed by atoms with Crippen LogP contribution in [-0.2, 0) is 17.9 Å². The van der Waals surface area contributed by atoms with Crippen LogP contribution in [0.25, 0.3) is 32.7 Å². The summed E-state index contributed by atoms with van der Waals surface area (Å²) in [6.45, 7) is 5.22. The van der Waals surface area contributed by atoms with Crippen LogP contribution < -0.4 is 10.9 Å². The molecular formula is C26H24N4O2. The fourth-order valence-electron chi connectivity index (χ4n) is 4.41. The van der Waals surface area contributed by atoms with E-state index in [1.807, 2.05) is 43.3 Å². The van der Waals surface area contributed by atoms with E-state index in [4.69, 9.17) is 0 Å². The van der Waals surface area contributed by atoms with Crippen molar-refractivity contribution in [3.05, 3.63) is 82.9 Å². The molecule has 1 amide bonds. The van der Waals surface area contributed by atoms with Crippen LogP contribution in [-0.4, -0.2) is 20.0 Å². The second-order valence-electron chi connectivity index (χ2n) is 8.01. The average Bonchev–Trinajstić information content (AvgIpc) is 3.12. The smallest absolute Gasteiger partial charge is 0.261 e. The number of anilines is 1. The summed E-state index contributed by atoms with van der Waals surface area (Å²) in [7, 11) is 0. The molecule has 0 atom stereocenters. The molecule has 0 unspecified atom stereocenters. The maximum atomic E-state index is 12.7. The van der Waals surface area contributed by atoms with Gasteiger partial charge in [0.15, 0.2) is 0 Å². The highest BCUT2D eigenvalue weighted by atomic mass is 16.2. The van der Waals surface area contributed by atoms with E-state index in [1.165, 1.54) is 21.8 Å². The highest BCUT2D eigenvalue weighted by Gasteiger charge is 2.12. The number of carbonyl (C=O) groups is 1. The molecular weight excluding hydrogens is 400 g/mol. The minimum atomic E-state index is -0.139. The van der Waals surface area contributed by atoms with Crippen LogP contribution in [0, 0.1) is 6.92 Å². The van der Waals surface area contributed by atoms with Crippen LogP contribution in [0.2, 0.25) is 0 Å². The van der Waals surface area contributed by atoms with Crippen molar-refractivity contribution in [1.82, 2.24) is 14.1 Å². The van der Waals surface area contributed by atoms with Gasteiger partial charge in [0.05, 0.1) is 17.2 Å². The molecule has 0 bridgehead atoms. The minimum Gasteiger partial charge on any atom is -0.341 e. The fourth-order valence-corrected chi connectivity index (χ4v) is 4.41. The predicted octanol–water partition coefficient (Wildman–Crippen LogP) is 4.86. The number of fused-ring (bicyclic) bond motifs is 4. The number of amides is 1. The Balaban J connectivity index is 1.37. The number of hydrogen-bond donors (Lipinski definition) is 1. The molecule has 160 valence electrons. The van der Waals surface area contributed by atoms with Gasteiger partial charge in [0.25, 0.3) is 5.56 Å². The average molecular weight is 425 g/mol. The number of carbonyl (C=O) groups excluding carboxylic acids is 1. The maximum absolute atomic E-state index is 12.7. The SMILES string of the molecule is CCn1c2ccccc2c2cc(NC(=O)CCn3cnc4c(C)cccc4c3=O)ccc21. The van der Waals surface area contributed by atoms with Crippen molar-refractivity contribution in [2.24, 2.45) is 0 Å².